The van der Waals surface area contributed by atoms with E-state index >= 15 is 0 Å². The number of hydrogen-bond acceptors (Lipinski definition) is 2. The van der Waals surface area contributed by atoms with Gasteiger partial charge in [-0.1, -0.05) is 116 Å². The molecule has 0 saturated carbocycles. The fourth-order valence-electron chi connectivity index (χ4n) is 8.70. The highest BCUT2D eigenvalue weighted by Gasteiger charge is 2.35. The molecule has 11 aromatic rings. The molecule has 0 aliphatic carbocycles. The summed E-state index contributed by atoms with van der Waals surface area (Å²) in [5.74, 6) is 0. The van der Waals surface area contributed by atoms with Gasteiger partial charge in [0, 0.05) is 49.2 Å². The van der Waals surface area contributed by atoms with Gasteiger partial charge in [0.2, 0.25) is 0 Å². The molecule has 4 heterocycles. The first kappa shape index (κ1) is 30.4. The zero-order valence-corrected chi connectivity index (χ0v) is 30.9. The molecular weight excluding hydrogens is 679 g/mol. The van der Waals surface area contributed by atoms with Crippen LogP contribution in [-0.2, 0) is 0 Å². The number of aromatic nitrogens is 3. The maximum Gasteiger partial charge on any atom is 0.145 e. The molecule has 53 heavy (non-hydrogen) atoms. The molecule has 11 rings (SSSR count). The Kier molecular flexibility index (Phi) is 6.66. The zero-order chi connectivity index (χ0) is 35.1. The smallest absolute Gasteiger partial charge is 0.145 e. The van der Waals surface area contributed by atoms with Crippen LogP contribution in [0.4, 0.5) is 0 Å². The van der Waals surface area contributed by atoms with Gasteiger partial charge in [-0.25, -0.2) is 0 Å². The van der Waals surface area contributed by atoms with Crippen LogP contribution in [0.5, 0.6) is 0 Å². The van der Waals surface area contributed by atoms with E-state index in [-0.39, 0.29) is 0 Å². The lowest BCUT2D eigenvalue weighted by atomic mass is 10.1. The Bertz CT molecular complexity index is 3190. The molecule has 250 valence electrons. The minimum absolute atomic E-state index is 1.07. The van der Waals surface area contributed by atoms with E-state index in [0.717, 1.165) is 11.2 Å². The minimum Gasteiger partial charge on any atom is -0.309 e. The molecule has 0 aliphatic rings. The molecule has 0 fully saturated rings. The van der Waals surface area contributed by atoms with Crippen LogP contribution < -0.4 is 15.6 Å². The first-order valence-corrected chi connectivity index (χ1v) is 21.4. The number of para-hydroxylation sites is 3. The van der Waals surface area contributed by atoms with E-state index in [1.165, 1.54) is 79.6 Å². The molecular formula is C48H33N3SSi. The third-order valence-electron chi connectivity index (χ3n) is 11.3. The molecule has 1 atom stereocenters. The summed E-state index contributed by atoms with van der Waals surface area (Å²) in [7, 11) is -2.51. The number of nitrogens with zero attached hydrogens (tertiary/aromatic N) is 3. The van der Waals surface area contributed by atoms with Crippen molar-refractivity contribution in [3.8, 4) is 11.4 Å². The molecule has 3 nitrogen and oxygen atoms in total. The van der Waals surface area contributed by atoms with Gasteiger partial charge >= 0.3 is 0 Å². The lowest BCUT2D eigenvalue weighted by Gasteiger charge is -2.30. The summed E-state index contributed by atoms with van der Waals surface area (Å²) >= 11 is 1.81. The lowest BCUT2D eigenvalue weighted by molar-refractivity contribution is 1.18. The van der Waals surface area contributed by atoms with Gasteiger partial charge in [0.15, 0.2) is 0 Å². The number of fused-ring (bicyclic) bond motifs is 9. The van der Waals surface area contributed by atoms with E-state index in [9.17, 15) is 0 Å². The number of benzene rings is 7. The normalized spacial score (nSPS) is 13.2. The highest BCUT2D eigenvalue weighted by Crippen LogP contribution is 2.37. The molecule has 0 aliphatic heterocycles. The lowest BCUT2D eigenvalue weighted by Crippen LogP contribution is -2.64. The number of thiophene rings is 1. The van der Waals surface area contributed by atoms with Gasteiger partial charge in [-0.3, -0.25) is 4.98 Å². The zero-order valence-electron chi connectivity index (χ0n) is 29.1. The Balaban J connectivity index is 1.15. The molecule has 5 heteroatoms. The van der Waals surface area contributed by atoms with Crippen LogP contribution in [0.1, 0.15) is 0 Å². The van der Waals surface area contributed by atoms with E-state index in [1.807, 2.05) is 23.6 Å². The first-order valence-electron chi connectivity index (χ1n) is 18.1. The van der Waals surface area contributed by atoms with Gasteiger partial charge in [0.25, 0.3) is 0 Å². The summed E-state index contributed by atoms with van der Waals surface area (Å²) < 4.78 is 7.33. The molecule has 0 amide bonds. The number of hydrogen-bond donors (Lipinski definition) is 0. The van der Waals surface area contributed by atoms with Crippen LogP contribution in [0, 0.1) is 0 Å². The maximum absolute atomic E-state index is 4.77. The van der Waals surface area contributed by atoms with Crippen molar-refractivity contribution in [1.29, 1.82) is 0 Å². The summed E-state index contributed by atoms with van der Waals surface area (Å²) in [5.41, 5.74) is 8.30. The Labute approximate surface area is 311 Å². The van der Waals surface area contributed by atoms with E-state index in [4.69, 9.17) is 4.98 Å². The fourth-order valence-corrected chi connectivity index (χ4v) is 13.3. The third kappa shape index (κ3) is 4.48. The summed E-state index contributed by atoms with van der Waals surface area (Å²) in [6.45, 7) is 2.53. The molecule has 0 saturated heterocycles. The SMILES string of the molecule is C[Si](c1ccccc1)(c1ccc2c(c1)c1ccccc1n2-c1ccccc1)c1ccc2c(c1)c1ccccc1n2-c1ccc2sc3cccnc3c2c1. The minimum atomic E-state index is -2.51. The standard InChI is InChI=1S/C48H33N3SSi/c1-53(34-15-6-3-7-16-34,35-23-25-44-39(30-35)37-17-8-10-19-42(37)50(44)32-13-4-2-5-14-32)36-24-26-45-40(31-36)38-18-9-11-20-43(38)51(45)33-22-27-46-41(29-33)48-47(52-46)21-12-28-49-48/h2-31H,1H3. The monoisotopic (exact) mass is 711 g/mol. The van der Waals surface area contributed by atoms with Crippen LogP contribution >= 0.6 is 11.3 Å². The predicted octanol–water partition coefficient (Wildman–Crippen LogP) is 10.7. The van der Waals surface area contributed by atoms with Crippen molar-refractivity contribution in [3.63, 3.8) is 0 Å². The highest BCUT2D eigenvalue weighted by atomic mass is 32.1. The van der Waals surface area contributed by atoms with Crippen LogP contribution in [0.15, 0.2) is 182 Å². The van der Waals surface area contributed by atoms with Crippen LogP contribution in [-0.4, -0.2) is 22.2 Å². The predicted molar refractivity (Wildman–Crippen MR) is 229 cm³/mol. The van der Waals surface area contributed by atoms with E-state index < -0.39 is 8.07 Å². The van der Waals surface area contributed by atoms with E-state index in [1.54, 1.807) is 0 Å². The average molecular weight is 712 g/mol. The molecule has 0 bridgehead atoms. The van der Waals surface area contributed by atoms with Crippen molar-refractivity contribution in [2.45, 2.75) is 6.55 Å². The molecule has 7 aromatic carbocycles. The summed E-state index contributed by atoms with van der Waals surface area (Å²) in [6.07, 6.45) is 1.90. The first-order chi connectivity index (χ1) is 26.2. The van der Waals surface area contributed by atoms with Gasteiger partial charge in [-0.15, -0.1) is 11.3 Å². The quantitative estimate of drug-likeness (QED) is 0.129. The van der Waals surface area contributed by atoms with Gasteiger partial charge in [0.05, 0.1) is 32.3 Å². The van der Waals surface area contributed by atoms with E-state index in [0.29, 0.717) is 0 Å². The average Bonchev–Trinajstić information content (AvgIpc) is 3.88. The molecule has 0 N–H and O–H groups in total. The largest absolute Gasteiger partial charge is 0.309 e. The van der Waals surface area contributed by atoms with Crippen molar-refractivity contribution in [2.75, 3.05) is 0 Å². The van der Waals surface area contributed by atoms with Crippen LogP contribution in [0.3, 0.4) is 0 Å². The van der Waals surface area contributed by atoms with Crippen molar-refractivity contribution >= 4 is 98.9 Å². The van der Waals surface area contributed by atoms with Crippen molar-refractivity contribution in [3.05, 3.63) is 182 Å². The Morgan fingerprint density at radius 2 is 0.981 bits per heavy atom. The number of rotatable bonds is 5. The highest BCUT2D eigenvalue weighted by molar-refractivity contribution is 7.25. The van der Waals surface area contributed by atoms with Gasteiger partial charge in [-0.2, -0.15) is 0 Å². The van der Waals surface area contributed by atoms with Crippen molar-refractivity contribution in [2.24, 2.45) is 0 Å². The summed E-state index contributed by atoms with van der Waals surface area (Å²) in [6, 6.07) is 65.2. The Hall–Kier alpha value is -6.27. The second-order valence-corrected chi connectivity index (χ2v) is 19.2. The van der Waals surface area contributed by atoms with Crippen molar-refractivity contribution in [1.82, 2.24) is 14.1 Å². The van der Waals surface area contributed by atoms with Gasteiger partial charge < -0.3 is 9.13 Å². The summed E-state index contributed by atoms with van der Waals surface area (Å²) in [4.78, 5) is 4.77. The third-order valence-corrected chi connectivity index (χ3v) is 16.9. The van der Waals surface area contributed by atoms with Crippen LogP contribution in [0.25, 0.3) is 75.3 Å². The molecule has 0 radical (unpaired) electrons. The Morgan fingerprint density at radius 3 is 1.64 bits per heavy atom. The van der Waals surface area contributed by atoms with Crippen LogP contribution in [0.2, 0.25) is 6.55 Å². The maximum atomic E-state index is 4.77. The Morgan fingerprint density at radius 1 is 0.415 bits per heavy atom. The summed E-state index contributed by atoms with van der Waals surface area (Å²) in [5, 5.41) is 10.5. The molecule has 1 unspecified atom stereocenters. The second kappa shape index (κ2) is 11.6. The van der Waals surface area contributed by atoms with E-state index in [2.05, 4.69) is 186 Å². The molecule has 4 aromatic heterocycles. The molecule has 0 spiro atoms. The number of pyridine rings is 1. The van der Waals surface area contributed by atoms with Crippen molar-refractivity contribution < 1.29 is 0 Å². The fraction of sp³-hybridized carbons (Fsp3) is 0.0208. The van der Waals surface area contributed by atoms with Gasteiger partial charge in [0.1, 0.15) is 8.07 Å². The van der Waals surface area contributed by atoms with Gasteiger partial charge in [-0.05, 0) is 82.3 Å². The topological polar surface area (TPSA) is 22.8 Å². The second-order valence-electron chi connectivity index (χ2n) is 14.1.